The first-order valence-corrected chi connectivity index (χ1v) is 11.8. The summed E-state index contributed by atoms with van der Waals surface area (Å²) < 4.78 is 2.03. The standard InChI is InChI=1S/C24H32N6O/c1-15-8-10-29(11-9-15)22(23-26-27-28-30(23)19-6-4-5-7-19)20-14-18-12-16(2)17(3)13-21(18)25-24(20)31/h12-15,19,22H,4-11H2,1-3H3,(H,25,31)/p+1/t22-/m1/s1. The third-order valence-corrected chi connectivity index (χ3v) is 7.57. The summed E-state index contributed by atoms with van der Waals surface area (Å²) in [7, 11) is 0. The van der Waals surface area contributed by atoms with Crippen LogP contribution in [0, 0.1) is 19.8 Å². The summed E-state index contributed by atoms with van der Waals surface area (Å²) >= 11 is 0. The average molecular weight is 422 g/mol. The number of aromatic amines is 1. The van der Waals surface area contributed by atoms with Gasteiger partial charge in [-0.3, -0.25) is 4.79 Å². The van der Waals surface area contributed by atoms with E-state index in [0.717, 1.165) is 54.1 Å². The minimum absolute atomic E-state index is 0.0205. The molecule has 0 bridgehead atoms. The number of aromatic nitrogens is 5. The van der Waals surface area contributed by atoms with Crippen molar-refractivity contribution in [1.29, 1.82) is 0 Å². The second-order valence-electron chi connectivity index (χ2n) is 9.77. The molecule has 1 saturated heterocycles. The molecule has 2 N–H and O–H groups in total. The Morgan fingerprint density at radius 2 is 1.77 bits per heavy atom. The van der Waals surface area contributed by atoms with Crippen molar-refractivity contribution in [3.05, 3.63) is 51.1 Å². The Balaban J connectivity index is 1.65. The topological polar surface area (TPSA) is 80.9 Å². The van der Waals surface area contributed by atoms with Crippen molar-refractivity contribution in [3.63, 3.8) is 0 Å². The van der Waals surface area contributed by atoms with E-state index < -0.39 is 0 Å². The minimum atomic E-state index is -0.141. The SMILES string of the molecule is Cc1cc2cc([C@H](c3nnnn3C3CCCC3)[NH+]3CCC(C)CC3)c(=O)[nH]c2cc1C. The van der Waals surface area contributed by atoms with Crippen molar-refractivity contribution in [2.24, 2.45) is 5.92 Å². The number of likely N-dealkylation sites (tertiary alicyclic amines) is 1. The van der Waals surface area contributed by atoms with Gasteiger partial charge in [0, 0.05) is 5.52 Å². The van der Waals surface area contributed by atoms with Crippen LogP contribution in [0.4, 0.5) is 0 Å². The van der Waals surface area contributed by atoms with Gasteiger partial charge in [-0.25, -0.2) is 4.68 Å². The van der Waals surface area contributed by atoms with Crippen LogP contribution >= 0.6 is 0 Å². The number of H-pyrrole nitrogens is 1. The van der Waals surface area contributed by atoms with Crippen molar-refractivity contribution in [1.82, 2.24) is 25.2 Å². The summed E-state index contributed by atoms with van der Waals surface area (Å²) in [6.45, 7) is 8.59. The van der Waals surface area contributed by atoms with E-state index in [1.165, 1.54) is 41.7 Å². The van der Waals surface area contributed by atoms with Crippen LogP contribution in [0.15, 0.2) is 23.0 Å². The van der Waals surface area contributed by atoms with Crippen LogP contribution in [-0.2, 0) is 0 Å². The van der Waals surface area contributed by atoms with Gasteiger partial charge in [-0.2, -0.15) is 0 Å². The van der Waals surface area contributed by atoms with E-state index in [2.05, 4.69) is 59.5 Å². The van der Waals surface area contributed by atoms with Crippen molar-refractivity contribution < 1.29 is 4.90 Å². The van der Waals surface area contributed by atoms with E-state index in [9.17, 15) is 4.79 Å². The summed E-state index contributed by atoms with van der Waals surface area (Å²) in [5.74, 6) is 1.58. The Labute approximate surface area is 182 Å². The van der Waals surface area contributed by atoms with Crippen LogP contribution in [0.3, 0.4) is 0 Å². The fourth-order valence-electron chi connectivity index (χ4n) is 5.47. The number of tetrazole rings is 1. The number of piperidine rings is 1. The van der Waals surface area contributed by atoms with Gasteiger partial charge in [-0.1, -0.05) is 19.8 Å². The maximum atomic E-state index is 13.4. The summed E-state index contributed by atoms with van der Waals surface area (Å²) in [5, 5.41) is 14.1. The molecule has 1 aliphatic carbocycles. The van der Waals surface area contributed by atoms with Gasteiger partial charge in [0.05, 0.1) is 24.7 Å². The van der Waals surface area contributed by atoms with Crippen LogP contribution < -0.4 is 10.5 Å². The number of aryl methyl sites for hydroxylation is 2. The molecule has 3 aromatic rings. The lowest BCUT2D eigenvalue weighted by molar-refractivity contribution is -0.932. The summed E-state index contributed by atoms with van der Waals surface area (Å²) in [4.78, 5) is 17.9. The lowest BCUT2D eigenvalue weighted by Crippen LogP contribution is -3.13. The lowest BCUT2D eigenvalue weighted by Gasteiger charge is -2.33. The molecular weight excluding hydrogens is 388 g/mol. The Bertz CT molecular complexity index is 1130. The Hall–Kier alpha value is -2.54. The average Bonchev–Trinajstić information content (AvgIpc) is 3.43. The second kappa shape index (κ2) is 8.19. The molecule has 7 heteroatoms. The number of fused-ring (bicyclic) bond motifs is 1. The van der Waals surface area contributed by atoms with Gasteiger partial charge in [-0.05, 0) is 90.6 Å². The molecule has 1 aliphatic heterocycles. The normalized spacial score (nSPS) is 23.5. The predicted molar refractivity (Wildman–Crippen MR) is 120 cm³/mol. The van der Waals surface area contributed by atoms with E-state index in [4.69, 9.17) is 0 Å². The first-order valence-electron chi connectivity index (χ1n) is 11.8. The van der Waals surface area contributed by atoms with Crippen molar-refractivity contribution in [2.75, 3.05) is 13.1 Å². The zero-order chi connectivity index (χ0) is 21.5. The van der Waals surface area contributed by atoms with Crippen LogP contribution in [0.5, 0.6) is 0 Å². The molecule has 1 atom stereocenters. The van der Waals surface area contributed by atoms with E-state index in [-0.39, 0.29) is 11.6 Å². The molecule has 5 rings (SSSR count). The van der Waals surface area contributed by atoms with Gasteiger partial charge in [0.15, 0.2) is 6.04 Å². The number of nitrogens with one attached hydrogen (secondary N) is 2. The second-order valence-corrected chi connectivity index (χ2v) is 9.77. The number of pyridine rings is 1. The highest BCUT2D eigenvalue weighted by Gasteiger charge is 2.37. The number of quaternary nitrogens is 1. The summed E-state index contributed by atoms with van der Waals surface area (Å²) in [5.41, 5.74) is 4.08. The van der Waals surface area contributed by atoms with Gasteiger partial charge >= 0.3 is 0 Å². The molecule has 3 heterocycles. The van der Waals surface area contributed by atoms with Crippen LogP contribution in [-0.4, -0.2) is 38.3 Å². The largest absolute Gasteiger partial charge is 0.322 e. The quantitative estimate of drug-likeness (QED) is 0.679. The Kier molecular flexibility index (Phi) is 5.38. The number of hydrogen-bond acceptors (Lipinski definition) is 4. The minimum Gasteiger partial charge on any atom is -0.322 e. The highest BCUT2D eigenvalue weighted by Crippen LogP contribution is 2.31. The van der Waals surface area contributed by atoms with E-state index in [0.29, 0.717) is 6.04 Å². The van der Waals surface area contributed by atoms with Gasteiger partial charge in [0.25, 0.3) is 5.56 Å². The first kappa shape index (κ1) is 20.4. The van der Waals surface area contributed by atoms with Crippen LogP contribution in [0.2, 0.25) is 0 Å². The van der Waals surface area contributed by atoms with Gasteiger partial charge in [0.2, 0.25) is 5.82 Å². The Morgan fingerprint density at radius 1 is 1.06 bits per heavy atom. The fourth-order valence-corrected chi connectivity index (χ4v) is 5.47. The predicted octanol–water partition coefficient (Wildman–Crippen LogP) is 2.65. The van der Waals surface area contributed by atoms with Crippen LogP contribution in [0.25, 0.3) is 10.9 Å². The molecule has 7 nitrogen and oxygen atoms in total. The van der Waals surface area contributed by atoms with Crippen molar-refractivity contribution >= 4 is 10.9 Å². The molecule has 31 heavy (non-hydrogen) atoms. The third kappa shape index (κ3) is 3.80. The highest BCUT2D eigenvalue weighted by molar-refractivity contribution is 5.80. The molecule has 0 amide bonds. The number of benzene rings is 1. The summed E-state index contributed by atoms with van der Waals surface area (Å²) in [6.07, 6.45) is 7.00. The maximum Gasteiger partial charge on any atom is 0.258 e. The molecular formula is C24H33N6O+. The summed E-state index contributed by atoms with van der Waals surface area (Å²) in [6, 6.07) is 6.54. The molecule has 0 spiro atoms. The molecule has 2 aliphatic rings. The monoisotopic (exact) mass is 421 g/mol. The van der Waals surface area contributed by atoms with Crippen molar-refractivity contribution in [3.8, 4) is 0 Å². The zero-order valence-electron chi connectivity index (χ0n) is 18.8. The lowest BCUT2D eigenvalue weighted by atomic mass is 9.95. The van der Waals surface area contributed by atoms with Gasteiger partial charge in [-0.15, -0.1) is 5.10 Å². The van der Waals surface area contributed by atoms with Gasteiger partial charge < -0.3 is 9.88 Å². The first-order chi connectivity index (χ1) is 15.0. The number of hydrogen-bond donors (Lipinski definition) is 2. The molecule has 1 aromatic carbocycles. The maximum absolute atomic E-state index is 13.4. The molecule has 0 radical (unpaired) electrons. The van der Waals surface area contributed by atoms with E-state index in [1.54, 1.807) is 0 Å². The molecule has 2 aromatic heterocycles. The smallest absolute Gasteiger partial charge is 0.258 e. The molecule has 0 unspecified atom stereocenters. The van der Waals surface area contributed by atoms with E-state index in [1.807, 2.05) is 4.68 Å². The Morgan fingerprint density at radius 3 is 2.52 bits per heavy atom. The van der Waals surface area contributed by atoms with Gasteiger partial charge in [0.1, 0.15) is 0 Å². The highest BCUT2D eigenvalue weighted by atomic mass is 16.1. The number of nitrogens with zero attached hydrogens (tertiary/aromatic N) is 4. The molecule has 2 fully saturated rings. The molecule has 164 valence electrons. The molecule has 1 saturated carbocycles. The van der Waals surface area contributed by atoms with Crippen LogP contribution in [0.1, 0.15) is 80.0 Å². The van der Waals surface area contributed by atoms with Crippen molar-refractivity contribution in [2.45, 2.75) is 71.4 Å². The zero-order valence-corrected chi connectivity index (χ0v) is 18.8. The fraction of sp³-hybridized carbons (Fsp3) is 0.583. The van der Waals surface area contributed by atoms with E-state index >= 15 is 0 Å². The third-order valence-electron chi connectivity index (χ3n) is 7.57. The number of rotatable bonds is 4.